The number of hydrogen-bond donors (Lipinski definition) is 1. The van der Waals surface area contributed by atoms with Gasteiger partial charge in [0.1, 0.15) is 0 Å². The van der Waals surface area contributed by atoms with Crippen molar-refractivity contribution >= 4 is 0 Å². The van der Waals surface area contributed by atoms with E-state index in [9.17, 15) is 8.78 Å². The van der Waals surface area contributed by atoms with E-state index in [0.29, 0.717) is 13.2 Å². The first-order valence-electron chi connectivity index (χ1n) is 4.54. The van der Waals surface area contributed by atoms with Gasteiger partial charge in [-0.15, -0.1) is 0 Å². The number of nitrogens with zero attached hydrogens (tertiary/aromatic N) is 1. The highest BCUT2D eigenvalue weighted by Gasteiger charge is 2.43. The van der Waals surface area contributed by atoms with Crippen LogP contribution in [-0.4, -0.2) is 49.2 Å². The molecule has 0 amide bonds. The molecule has 2 rings (SSSR count). The van der Waals surface area contributed by atoms with Crippen LogP contribution in [0.4, 0.5) is 8.78 Å². The van der Waals surface area contributed by atoms with Crippen molar-refractivity contribution < 1.29 is 13.5 Å². The lowest BCUT2D eigenvalue weighted by molar-refractivity contribution is -0.0521. The second kappa shape index (κ2) is 3.15. The van der Waals surface area contributed by atoms with Crippen molar-refractivity contribution in [3.05, 3.63) is 0 Å². The minimum Gasteiger partial charge on any atom is -0.375 e. The van der Waals surface area contributed by atoms with Gasteiger partial charge >= 0.3 is 0 Å². The van der Waals surface area contributed by atoms with Gasteiger partial charge in [-0.1, -0.05) is 0 Å². The Hall–Kier alpha value is -0.260. The van der Waals surface area contributed by atoms with E-state index in [1.165, 1.54) is 0 Å². The molecule has 2 N–H and O–H groups in total. The van der Waals surface area contributed by atoms with Crippen molar-refractivity contribution in [1.82, 2.24) is 4.90 Å². The monoisotopic (exact) mass is 192 g/mol. The fourth-order valence-electron chi connectivity index (χ4n) is 2.03. The first-order valence-corrected chi connectivity index (χ1v) is 4.54. The summed E-state index contributed by atoms with van der Waals surface area (Å²) in [4.78, 5) is 1.79. The van der Waals surface area contributed by atoms with Gasteiger partial charge in [-0.3, -0.25) is 4.90 Å². The Bertz CT molecular complexity index is 201. The molecule has 2 unspecified atom stereocenters. The van der Waals surface area contributed by atoms with Crippen LogP contribution in [0.2, 0.25) is 0 Å². The first-order chi connectivity index (χ1) is 6.11. The largest absolute Gasteiger partial charge is 0.375 e. The third-order valence-corrected chi connectivity index (χ3v) is 2.75. The number of nitrogens with two attached hydrogens (primary N) is 1. The van der Waals surface area contributed by atoms with Crippen molar-refractivity contribution in [2.45, 2.75) is 24.5 Å². The molecule has 0 saturated carbocycles. The molecule has 2 saturated heterocycles. The molecule has 0 radical (unpaired) electrons. The smallest absolute Gasteiger partial charge is 0.272 e. The zero-order valence-electron chi connectivity index (χ0n) is 7.38. The van der Waals surface area contributed by atoms with Crippen LogP contribution in [0.3, 0.4) is 0 Å². The molecule has 0 aromatic rings. The normalized spacial score (nSPS) is 34.4. The highest BCUT2D eigenvalue weighted by Crippen LogP contribution is 2.29. The number of ether oxygens (including phenoxy) is 1. The summed E-state index contributed by atoms with van der Waals surface area (Å²) in [6, 6.07) is 0.197. The van der Waals surface area contributed by atoms with E-state index >= 15 is 0 Å². The quantitative estimate of drug-likeness (QED) is 0.687. The van der Waals surface area contributed by atoms with Crippen LogP contribution >= 0.6 is 0 Å². The Labute approximate surface area is 75.8 Å². The van der Waals surface area contributed by atoms with Crippen LogP contribution in [0.1, 0.15) is 6.42 Å². The number of likely N-dealkylation sites (tertiary alicyclic amines) is 1. The average Bonchev–Trinajstić information content (AvgIpc) is 2.64. The average molecular weight is 192 g/mol. The predicted octanol–water partition coefficient (Wildman–Crippen LogP) is 0.0535. The lowest BCUT2D eigenvalue weighted by atomic mass is 10.2. The summed E-state index contributed by atoms with van der Waals surface area (Å²) in [5.41, 5.74) is 4.97. The Balaban J connectivity index is 1.89. The van der Waals surface area contributed by atoms with E-state index in [1.54, 1.807) is 4.90 Å². The number of alkyl halides is 2. The van der Waals surface area contributed by atoms with Crippen LogP contribution in [0.5, 0.6) is 0 Å². The topological polar surface area (TPSA) is 38.5 Å². The van der Waals surface area contributed by atoms with Crippen molar-refractivity contribution in [2.24, 2.45) is 5.73 Å². The minimum atomic E-state index is -2.75. The van der Waals surface area contributed by atoms with E-state index in [4.69, 9.17) is 10.5 Å². The first kappa shape index (κ1) is 9.30. The second-order valence-electron chi connectivity index (χ2n) is 3.83. The number of morpholine rings is 1. The van der Waals surface area contributed by atoms with Crippen molar-refractivity contribution in [3.8, 4) is 0 Å². The number of halogens is 2. The Kier molecular flexibility index (Phi) is 2.25. The maximum absolute atomic E-state index is 12.9. The van der Waals surface area contributed by atoms with Gasteiger partial charge in [-0.2, -0.15) is 0 Å². The molecule has 13 heavy (non-hydrogen) atoms. The summed E-state index contributed by atoms with van der Waals surface area (Å²) in [5.74, 6) is -2.75. The third-order valence-electron chi connectivity index (χ3n) is 2.75. The van der Waals surface area contributed by atoms with Gasteiger partial charge in [0.2, 0.25) is 0 Å². The number of rotatable bonds is 3. The molecule has 0 aromatic carbocycles. The molecule has 2 heterocycles. The number of fused-ring (bicyclic) bond motifs is 2. The van der Waals surface area contributed by atoms with Gasteiger partial charge in [0.15, 0.2) is 0 Å². The van der Waals surface area contributed by atoms with Gasteiger partial charge in [-0.05, 0) is 6.42 Å². The van der Waals surface area contributed by atoms with Gasteiger partial charge < -0.3 is 10.5 Å². The molecule has 2 atom stereocenters. The molecule has 0 aromatic heterocycles. The van der Waals surface area contributed by atoms with Gasteiger partial charge in [0, 0.05) is 12.6 Å². The van der Waals surface area contributed by atoms with Crippen molar-refractivity contribution in [3.63, 3.8) is 0 Å². The molecule has 2 aliphatic rings. The lowest BCUT2D eigenvalue weighted by Crippen LogP contribution is -2.46. The lowest BCUT2D eigenvalue weighted by Gasteiger charge is -2.29. The van der Waals surface area contributed by atoms with E-state index in [0.717, 1.165) is 6.42 Å². The van der Waals surface area contributed by atoms with E-state index in [-0.39, 0.29) is 18.7 Å². The van der Waals surface area contributed by atoms with Gasteiger partial charge in [-0.25, -0.2) is 8.78 Å². The zero-order chi connectivity index (χ0) is 9.47. The Morgan fingerprint density at radius 1 is 1.54 bits per heavy atom. The molecule has 2 aliphatic heterocycles. The van der Waals surface area contributed by atoms with E-state index in [1.807, 2.05) is 0 Å². The molecule has 2 fully saturated rings. The predicted molar refractivity (Wildman–Crippen MR) is 43.7 cm³/mol. The molecule has 5 heteroatoms. The molecular formula is C8H14F2N2O. The summed E-state index contributed by atoms with van der Waals surface area (Å²) in [6.45, 7) is 0.460. The Morgan fingerprint density at radius 2 is 2.31 bits per heavy atom. The van der Waals surface area contributed by atoms with E-state index in [2.05, 4.69) is 0 Å². The van der Waals surface area contributed by atoms with Gasteiger partial charge in [0.05, 0.1) is 25.8 Å². The molecule has 0 spiro atoms. The van der Waals surface area contributed by atoms with Crippen LogP contribution in [0.25, 0.3) is 0 Å². The molecule has 76 valence electrons. The van der Waals surface area contributed by atoms with Crippen LogP contribution < -0.4 is 5.73 Å². The minimum absolute atomic E-state index is 0.179. The molecule has 3 nitrogen and oxygen atoms in total. The third kappa shape index (κ3) is 1.82. The maximum atomic E-state index is 12.9. The summed E-state index contributed by atoms with van der Waals surface area (Å²) < 4.78 is 31.2. The maximum Gasteiger partial charge on any atom is 0.272 e. The summed E-state index contributed by atoms with van der Waals surface area (Å²) in [6.07, 6.45) is 1.08. The summed E-state index contributed by atoms with van der Waals surface area (Å²) in [7, 11) is 0. The fraction of sp³-hybridized carbons (Fsp3) is 1.00. The Morgan fingerprint density at radius 3 is 2.77 bits per heavy atom. The fourth-order valence-corrected chi connectivity index (χ4v) is 2.03. The van der Waals surface area contributed by atoms with Crippen LogP contribution in [-0.2, 0) is 4.74 Å². The number of hydrogen-bond acceptors (Lipinski definition) is 3. The van der Waals surface area contributed by atoms with Crippen molar-refractivity contribution in [2.75, 3.05) is 26.2 Å². The highest BCUT2D eigenvalue weighted by molar-refractivity contribution is 4.93. The summed E-state index contributed by atoms with van der Waals surface area (Å²) in [5, 5.41) is 0. The second-order valence-corrected chi connectivity index (χ2v) is 3.83. The van der Waals surface area contributed by atoms with E-state index < -0.39 is 12.5 Å². The zero-order valence-corrected chi connectivity index (χ0v) is 7.38. The standard InChI is InChI=1S/C8H14F2N2O/c9-8(10,4-11)5-12-2-7-1-6(12)3-13-7/h6-7H,1-5,11H2. The van der Waals surface area contributed by atoms with Crippen molar-refractivity contribution in [1.29, 1.82) is 0 Å². The summed E-state index contributed by atoms with van der Waals surface area (Å²) >= 11 is 0. The van der Waals surface area contributed by atoms with Crippen LogP contribution in [0.15, 0.2) is 0 Å². The molecule has 0 aliphatic carbocycles. The SMILES string of the molecule is NCC(F)(F)CN1CC2CC1CO2. The molecular weight excluding hydrogens is 178 g/mol. The van der Waals surface area contributed by atoms with Crippen LogP contribution in [0, 0.1) is 0 Å². The van der Waals surface area contributed by atoms with Gasteiger partial charge in [0.25, 0.3) is 5.92 Å². The highest BCUT2D eigenvalue weighted by atomic mass is 19.3. The molecule has 2 bridgehead atoms.